The number of unbranched alkanes of at least 4 members (excludes halogenated alkanes) is 2. The molecule has 0 bridgehead atoms. The van der Waals surface area contributed by atoms with Crippen LogP contribution in [0.3, 0.4) is 0 Å². The lowest BCUT2D eigenvalue weighted by atomic mass is 9.97. The third-order valence-electron chi connectivity index (χ3n) is 7.20. The lowest BCUT2D eigenvalue weighted by Gasteiger charge is -2.09. The Morgan fingerprint density at radius 1 is 0.821 bits per heavy atom. The predicted octanol–water partition coefficient (Wildman–Crippen LogP) is 4.35. The van der Waals surface area contributed by atoms with Gasteiger partial charge in [-0.3, -0.25) is 9.59 Å². The standard InChI is InChI=1S/C15H21NO3.C14H19NO3.C2H6/c1-19-15(18)5-3-2-4-10-7-13(17)8-11-6-12(16)9-14(10)11;15-10-7-11-9(3-1-2-4-14(17)18)5-6-13(16)12(11)8-10;1-2/h7-8,12,17H,2-6,9,16H2,1H3;5-6,10,16H,1-4,7-8,15H2,(H,17,18);1-2H3. The van der Waals surface area contributed by atoms with Crippen molar-refractivity contribution in [1.82, 2.24) is 0 Å². The van der Waals surface area contributed by atoms with Gasteiger partial charge in [0.05, 0.1) is 7.11 Å². The molecule has 4 rings (SSSR count). The first kappa shape index (κ1) is 32.1. The molecule has 0 aliphatic heterocycles. The number of ether oxygens (including phenoxy) is 1. The minimum absolute atomic E-state index is 0.103. The van der Waals surface area contributed by atoms with Crippen LogP contribution in [0.15, 0.2) is 24.3 Å². The van der Waals surface area contributed by atoms with Crippen molar-refractivity contribution < 1.29 is 29.6 Å². The number of carbonyl (C=O) groups is 2. The van der Waals surface area contributed by atoms with E-state index >= 15 is 0 Å². The molecule has 0 radical (unpaired) electrons. The van der Waals surface area contributed by atoms with E-state index < -0.39 is 5.97 Å². The van der Waals surface area contributed by atoms with Gasteiger partial charge in [-0.25, -0.2) is 0 Å². The molecule has 7 N–H and O–H groups in total. The first-order chi connectivity index (χ1) is 18.7. The van der Waals surface area contributed by atoms with Crippen molar-refractivity contribution in [2.45, 2.75) is 103 Å². The van der Waals surface area contributed by atoms with Crippen molar-refractivity contribution in [3.63, 3.8) is 0 Å². The van der Waals surface area contributed by atoms with Crippen LogP contribution in [0.25, 0.3) is 0 Å². The molecular weight excluding hydrogens is 496 g/mol. The number of esters is 1. The monoisotopic (exact) mass is 542 g/mol. The summed E-state index contributed by atoms with van der Waals surface area (Å²) in [6.45, 7) is 4.00. The van der Waals surface area contributed by atoms with E-state index in [0.29, 0.717) is 24.3 Å². The first-order valence-corrected chi connectivity index (χ1v) is 14.1. The smallest absolute Gasteiger partial charge is 0.305 e. The predicted molar refractivity (Wildman–Crippen MR) is 153 cm³/mol. The average Bonchev–Trinajstić information content (AvgIpc) is 3.49. The lowest BCUT2D eigenvalue weighted by Crippen LogP contribution is -2.19. The summed E-state index contributed by atoms with van der Waals surface area (Å²) in [5.74, 6) is -0.251. The summed E-state index contributed by atoms with van der Waals surface area (Å²) in [7, 11) is 1.41. The van der Waals surface area contributed by atoms with Gasteiger partial charge in [-0.05, 0) is 116 Å². The van der Waals surface area contributed by atoms with Crippen LogP contribution in [-0.2, 0) is 52.9 Å². The van der Waals surface area contributed by atoms with E-state index in [-0.39, 0.29) is 24.5 Å². The third kappa shape index (κ3) is 9.86. The first-order valence-electron chi connectivity index (χ1n) is 14.1. The van der Waals surface area contributed by atoms with E-state index in [1.54, 1.807) is 6.07 Å². The van der Waals surface area contributed by atoms with Gasteiger partial charge in [0.15, 0.2) is 0 Å². The van der Waals surface area contributed by atoms with Gasteiger partial charge in [0.25, 0.3) is 0 Å². The molecular formula is C31H46N2O6. The molecule has 0 amide bonds. The minimum Gasteiger partial charge on any atom is -0.508 e. The van der Waals surface area contributed by atoms with Crippen molar-refractivity contribution in [1.29, 1.82) is 0 Å². The van der Waals surface area contributed by atoms with Crippen molar-refractivity contribution in [3.8, 4) is 11.5 Å². The van der Waals surface area contributed by atoms with Crippen molar-refractivity contribution in [3.05, 3.63) is 57.6 Å². The summed E-state index contributed by atoms with van der Waals surface area (Å²) in [5, 5.41) is 28.1. The van der Waals surface area contributed by atoms with Gasteiger partial charge in [0, 0.05) is 24.9 Å². The lowest BCUT2D eigenvalue weighted by molar-refractivity contribution is -0.140. The summed E-state index contributed by atoms with van der Waals surface area (Å²) in [6.07, 6.45) is 8.99. The fourth-order valence-electron chi connectivity index (χ4n) is 5.38. The molecule has 8 heteroatoms. The second kappa shape index (κ2) is 16.1. The van der Waals surface area contributed by atoms with Crippen LogP contribution in [0.4, 0.5) is 0 Å². The van der Waals surface area contributed by atoms with Crippen LogP contribution in [0, 0.1) is 0 Å². The van der Waals surface area contributed by atoms with E-state index in [2.05, 4.69) is 4.74 Å². The van der Waals surface area contributed by atoms with Crippen LogP contribution in [0.5, 0.6) is 11.5 Å². The number of nitrogens with two attached hydrogens (primary N) is 2. The SMILES string of the molecule is CC.COC(=O)CCCCc1cc(O)cc2c1CC(N)C2.NC1Cc2c(O)ccc(CCCCC(=O)O)c2C1. The number of phenols is 2. The number of phenolic OH excluding ortho intramolecular Hbond substituents is 2. The summed E-state index contributed by atoms with van der Waals surface area (Å²) >= 11 is 0. The highest BCUT2D eigenvalue weighted by atomic mass is 16.5. The number of carboxylic acids is 1. The van der Waals surface area contributed by atoms with Crippen LogP contribution in [0.2, 0.25) is 0 Å². The van der Waals surface area contributed by atoms with Gasteiger partial charge in [-0.1, -0.05) is 19.9 Å². The molecule has 0 aromatic heterocycles. The number of methoxy groups -OCH3 is 1. The topological polar surface area (TPSA) is 156 Å². The molecule has 2 unspecified atom stereocenters. The second-order valence-corrected chi connectivity index (χ2v) is 10.2. The molecule has 0 fully saturated rings. The van der Waals surface area contributed by atoms with Crippen molar-refractivity contribution >= 4 is 11.9 Å². The van der Waals surface area contributed by atoms with E-state index in [4.69, 9.17) is 16.6 Å². The fourth-order valence-corrected chi connectivity index (χ4v) is 5.38. The minimum atomic E-state index is -0.743. The van der Waals surface area contributed by atoms with E-state index in [9.17, 15) is 19.8 Å². The number of carboxylic acid groups (broad SMARTS) is 1. The number of carbonyl (C=O) groups excluding carboxylic acids is 1. The molecule has 0 spiro atoms. The number of fused-ring (bicyclic) bond motifs is 2. The Morgan fingerprint density at radius 2 is 1.41 bits per heavy atom. The van der Waals surface area contributed by atoms with E-state index in [1.807, 2.05) is 32.0 Å². The average molecular weight is 543 g/mol. The Labute approximate surface area is 232 Å². The van der Waals surface area contributed by atoms with Crippen LogP contribution >= 0.6 is 0 Å². The number of hydrogen-bond donors (Lipinski definition) is 5. The highest BCUT2D eigenvalue weighted by Crippen LogP contribution is 2.33. The molecule has 0 saturated heterocycles. The van der Waals surface area contributed by atoms with Crippen LogP contribution in [0.1, 0.15) is 85.8 Å². The van der Waals surface area contributed by atoms with Crippen LogP contribution < -0.4 is 11.5 Å². The zero-order valence-electron chi connectivity index (χ0n) is 23.7. The Morgan fingerprint density at radius 3 is 2.08 bits per heavy atom. The van der Waals surface area contributed by atoms with Gasteiger partial charge >= 0.3 is 11.9 Å². The Kier molecular flexibility index (Phi) is 13.3. The maximum Gasteiger partial charge on any atom is 0.305 e. The molecule has 0 heterocycles. The van der Waals surface area contributed by atoms with Gasteiger partial charge in [0.1, 0.15) is 11.5 Å². The molecule has 39 heavy (non-hydrogen) atoms. The maximum absolute atomic E-state index is 11.0. The molecule has 0 saturated carbocycles. The summed E-state index contributed by atoms with van der Waals surface area (Å²) < 4.78 is 4.61. The maximum atomic E-state index is 11.0. The number of rotatable bonds is 10. The molecule has 8 nitrogen and oxygen atoms in total. The second-order valence-electron chi connectivity index (χ2n) is 10.2. The van der Waals surface area contributed by atoms with Gasteiger partial charge in [-0.15, -0.1) is 0 Å². The summed E-state index contributed by atoms with van der Waals surface area (Å²) in [4.78, 5) is 21.5. The van der Waals surface area contributed by atoms with Gasteiger partial charge < -0.3 is 31.5 Å². The number of aromatic hydroxyl groups is 2. The number of hydrogen-bond acceptors (Lipinski definition) is 7. The zero-order valence-corrected chi connectivity index (χ0v) is 23.7. The van der Waals surface area contributed by atoms with Crippen molar-refractivity contribution in [2.75, 3.05) is 7.11 Å². The zero-order chi connectivity index (χ0) is 28.9. The highest BCUT2D eigenvalue weighted by Gasteiger charge is 2.24. The Bertz CT molecular complexity index is 1100. The molecule has 2 atom stereocenters. The number of aliphatic carboxylic acids is 1. The highest BCUT2D eigenvalue weighted by molar-refractivity contribution is 5.69. The molecule has 2 aliphatic rings. The van der Waals surface area contributed by atoms with E-state index in [1.165, 1.54) is 34.9 Å². The van der Waals surface area contributed by atoms with Gasteiger partial charge in [-0.2, -0.15) is 0 Å². The van der Waals surface area contributed by atoms with Crippen LogP contribution in [-0.4, -0.2) is 46.5 Å². The normalized spacial score (nSPS) is 16.7. The van der Waals surface area contributed by atoms with Crippen molar-refractivity contribution in [2.24, 2.45) is 11.5 Å². The largest absolute Gasteiger partial charge is 0.508 e. The molecule has 2 aromatic rings. The summed E-state index contributed by atoms with van der Waals surface area (Å²) in [6, 6.07) is 7.59. The van der Waals surface area contributed by atoms with Gasteiger partial charge in [0.2, 0.25) is 0 Å². The molecule has 2 aliphatic carbocycles. The Balaban J connectivity index is 0.000000258. The number of benzene rings is 2. The number of aryl methyl sites for hydroxylation is 2. The fraction of sp³-hybridized carbons (Fsp3) is 0.548. The quantitative estimate of drug-likeness (QED) is 0.219. The van der Waals surface area contributed by atoms with E-state index in [0.717, 1.165) is 63.4 Å². The summed E-state index contributed by atoms with van der Waals surface area (Å²) in [5.41, 5.74) is 18.9. The molecule has 216 valence electrons. The third-order valence-corrected chi connectivity index (χ3v) is 7.20. The Hall–Kier alpha value is -3.10. The molecule has 2 aromatic carbocycles.